The number of carbonyl (C=O) groups excluding carboxylic acids is 2. The molecule has 1 heterocycles. The molecule has 2 amide bonds. The second kappa shape index (κ2) is 8.52. The molecule has 1 atom stereocenters. The van der Waals surface area contributed by atoms with Gasteiger partial charge in [-0.25, -0.2) is 0 Å². The Labute approximate surface area is 154 Å². The van der Waals surface area contributed by atoms with Gasteiger partial charge in [0.2, 0.25) is 11.8 Å². The summed E-state index contributed by atoms with van der Waals surface area (Å²) in [6, 6.07) is 17.4. The predicted molar refractivity (Wildman–Crippen MR) is 102 cm³/mol. The molecular weight excluding hydrogens is 326 g/mol. The first kappa shape index (κ1) is 18.0. The number of rotatable bonds is 6. The van der Waals surface area contributed by atoms with Crippen molar-refractivity contribution in [2.75, 3.05) is 18.8 Å². The largest absolute Gasteiger partial charge is 0.399 e. The van der Waals surface area contributed by atoms with Gasteiger partial charge in [0.1, 0.15) is 0 Å². The van der Waals surface area contributed by atoms with E-state index in [-0.39, 0.29) is 17.9 Å². The van der Waals surface area contributed by atoms with E-state index in [1.807, 2.05) is 47.4 Å². The van der Waals surface area contributed by atoms with Gasteiger partial charge in [-0.1, -0.05) is 42.5 Å². The van der Waals surface area contributed by atoms with Gasteiger partial charge in [0.05, 0.1) is 6.42 Å². The lowest BCUT2D eigenvalue weighted by molar-refractivity contribution is -0.130. The maximum absolute atomic E-state index is 12.4. The van der Waals surface area contributed by atoms with E-state index in [0.29, 0.717) is 31.6 Å². The maximum atomic E-state index is 12.4. The molecule has 1 unspecified atom stereocenters. The van der Waals surface area contributed by atoms with Crippen molar-refractivity contribution >= 4 is 17.5 Å². The Morgan fingerprint density at radius 3 is 2.50 bits per heavy atom. The van der Waals surface area contributed by atoms with E-state index in [0.717, 1.165) is 18.4 Å². The lowest BCUT2D eigenvalue weighted by atomic mass is 10.1. The number of nitrogens with one attached hydrogen (secondary N) is 1. The van der Waals surface area contributed by atoms with E-state index in [4.69, 9.17) is 5.73 Å². The van der Waals surface area contributed by atoms with Gasteiger partial charge in [0.25, 0.3) is 0 Å². The van der Waals surface area contributed by atoms with E-state index in [1.165, 1.54) is 5.56 Å². The van der Waals surface area contributed by atoms with Crippen molar-refractivity contribution in [3.8, 4) is 0 Å². The molecule has 1 fully saturated rings. The SMILES string of the molecule is Nc1ccc(CC(=O)NC2CCN(C(=O)CCc3ccccc3)C2)cc1. The summed E-state index contributed by atoms with van der Waals surface area (Å²) in [4.78, 5) is 26.4. The number of hydrogen-bond acceptors (Lipinski definition) is 3. The monoisotopic (exact) mass is 351 g/mol. The van der Waals surface area contributed by atoms with Crippen LogP contribution >= 0.6 is 0 Å². The summed E-state index contributed by atoms with van der Waals surface area (Å²) in [5.74, 6) is 0.141. The molecule has 26 heavy (non-hydrogen) atoms. The third-order valence-corrected chi connectivity index (χ3v) is 4.72. The first-order chi connectivity index (χ1) is 12.6. The highest BCUT2D eigenvalue weighted by atomic mass is 16.2. The second-order valence-electron chi connectivity index (χ2n) is 6.80. The van der Waals surface area contributed by atoms with Crippen LogP contribution in [0, 0.1) is 0 Å². The molecule has 1 saturated heterocycles. The number of likely N-dealkylation sites (tertiary alicyclic amines) is 1. The molecule has 0 radical (unpaired) electrons. The normalized spacial score (nSPS) is 16.5. The molecule has 2 aromatic rings. The number of nitrogens with zero attached hydrogens (tertiary/aromatic N) is 1. The molecule has 0 saturated carbocycles. The molecule has 0 aliphatic carbocycles. The zero-order valence-electron chi connectivity index (χ0n) is 14.9. The Hall–Kier alpha value is -2.82. The number of aryl methyl sites for hydroxylation is 1. The maximum Gasteiger partial charge on any atom is 0.224 e. The average molecular weight is 351 g/mol. The summed E-state index contributed by atoms with van der Waals surface area (Å²) in [7, 11) is 0. The molecule has 5 heteroatoms. The van der Waals surface area contributed by atoms with Crippen molar-refractivity contribution in [2.24, 2.45) is 0 Å². The fourth-order valence-corrected chi connectivity index (χ4v) is 3.26. The summed E-state index contributed by atoms with van der Waals surface area (Å²) in [6.45, 7) is 1.31. The summed E-state index contributed by atoms with van der Waals surface area (Å²) >= 11 is 0. The van der Waals surface area contributed by atoms with Crippen LogP contribution in [0.1, 0.15) is 24.0 Å². The minimum Gasteiger partial charge on any atom is -0.399 e. The summed E-state index contributed by atoms with van der Waals surface area (Å²) < 4.78 is 0. The Morgan fingerprint density at radius 1 is 1.04 bits per heavy atom. The predicted octanol–water partition coefficient (Wildman–Crippen LogP) is 2.16. The first-order valence-corrected chi connectivity index (χ1v) is 9.05. The average Bonchev–Trinajstić information content (AvgIpc) is 3.11. The van der Waals surface area contributed by atoms with Crippen LogP contribution in [0.2, 0.25) is 0 Å². The molecule has 136 valence electrons. The number of amides is 2. The van der Waals surface area contributed by atoms with Crippen molar-refractivity contribution in [3.05, 3.63) is 65.7 Å². The lowest BCUT2D eigenvalue weighted by Crippen LogP contribution is -2.39. The minimum absolute atomic E-state index is 0.0154. The fourth-order valence-electron chi connectivity index (χ4n) is 3.26. The Kier molecular flexibility index (Phi) is 5.89. The van der Waals surface area contributed by atoms with Crippen molar-refractivity contribution in [1.29, 1.82) is 0 Å². The van der Waals surface area contributed by atoms with Crippen LogP contribution in [0.15, 0.2) is 54.6 Å². The van der Waals surface area contributed by atoms with Gasteiger partial charge in [-0.3, -0.25) is 9.59 Å². The molecule has 1 aliphatic rings. The Morgan fingerprint density at radius 2 is 1.77 bits per heavy atom. The van der Waals surface area contributed by atoms with E-state index < -0.39 is 0 Å². The Balaban J connectivity index is 1.42. The number of nitrogens with two attached hydrogens (primary N) is 1. The molecule has 1 aliphatic heterocycles. The van der Waals surface area contributed by atoms with Crippen molar-refractivity contribution in [2.45, 2.75) is 31.7 Å². The van der Waals surface area contributed by atoms with Gasteiger partial charge in [0.15, 0.2) is 0 Å². The molecule has 0 spiro atoms. The smallest absolute Gasteiger partial charge is 0.224 e. The first-order valence-electron chi connectivity index (χ1n) is 9.05. The highest BCUT2D eigenvalue weighted by Gasteiger charge is 2.26. The molecule has 0 bridgehead atoms. The van der Waals surface area contributed by atoms with Crippen molar-refractivity contribution < 1.29 is 9.59 Å². The number of carbonyl (C=O) groups is 2. The fraction of sp³-hybridized carbons (Fsp3) is 0.333. The van der Waals surface area contributed by atoms with Gasteiger partial charge >= 0.3 is 0 Å². The number of nitrogen functional groups attached to an aromatic ring is 1. The van der Waals surface area contributed by atoms with Crippen LogP contribution in [0.25, 0.3) is 0 Å². The van der Waals surface area contributed by atoms with Crippen molar-refractivity contribution in [3.63, 3.8) is 0 Å². The second-order valence-corrected chi connectivity index (χ2v) is 6.80. The highest BCUT2D eigenvalue weighted by molar-refractivity contribution is 5.80. The molecule has 5 nitrogen and oxygen atoms in total. The third kappa shape index (κ3) is 5.09. The Bertz CT molecular complexity index is 744. The standard InChI is InChI=1S/C21H25N3O2/c22-18-9-6-17(7-10-18)14-20(25)23-19-12-13-24(15-19)21(26)11-8-16-4-2-1-3-5-16/h1-7,9-10,19H,8,11-15,22H2,(H,23,25). The third-order valence-electron chi connectivity index (χ3n) is 4.72. The number of benzene rings is 2. The van der Waals surface area contributed by atoms with Crippen LogP contribution < -0.4 is 11.1 Å². The minimum atomic E-state index is -0.0154. The van der Waals surface area contributed by atoms with Crippen LogP contribution in [0.4, 0.5) is 5.69 Å². The van der Waals surface area contributed by atoms with E-state index in [2.05, 4.69) is 5.32 Å². The number of hydrogen-bond donors (Lipinski definition) is 2. The highest BCUT2D eigenvalue weighted by Crippen LogP contribution is 2.13. The van der Waals surface area contributed by atoms with E-state index in [9.17, 15) is 9.59 Å². The molecule has 3 rings (SSSR count). The van der Waals surface area contributed by atoms with Gasteiger partial charge < -0.3 is 16.0 Å². The quantitative estimate of drug-likeness (QED) is 0.783. The zero-order valence-corrected chi connectivity index (χ0v) is 14.9. The summed E-state index contributed by atoms with van der Waals surface area (Å²) in [5.41, 5.74) is 8.46. The molecule has 3 N–H and O–H groups in total. The van der Waals surface area contributed by atoms with Gasteiger partial charge in [-0.2, -0.15) is 0 Å². The summed E-state index contributed by atoms with van der Waals surface area (Å²) in [5, 5.41) is 3.04. The van der Waals surface area contributed by atoms with Crippen LogP contribution in [-0.4, -0.2) is 35.8 Å². The molecular formula is C21H25N3O2. The van der Waals surface area contributed by atoms with Crippen LogP contribution in [0.5, 0.6) is 0 Å². The van der Waals surface area contributed by atoms with Crippen molar-refractivity contribution in [1.82, 2.24) is 10.2 Å². The summed E-state index contributed by atoms with van der Waals surface area (Å²) in [6.07, 6.45) is 2.41. The zero-order chi connectivity index (χ0) is 18.4. The van der Waals surface area contributed by atoms with Crippen LogP contribution in [0.3, 0.4) is 0 Å². The molecule has 0 aromatic heterocycles. The van der Waals surface area contributed by atoms with Gasteiger partial charge in [-0.05, 0) is 36.1 Å². The lowest BCUT2D eigenvalue weighted by Gasteiger charge is -2.17. The van der Waals surface area contributed by atoms with E-state index >= 15 is 0 Å². The van der Waals surface area contributed by atoms with Crippen LogP contribution in [-0.2, 0) is 22.4 Å². The molecule has 2 aromatic carbocycles. The van der Waals surface area contributed by atoms with Gasteiger partial charge in [0, 0.05) is 31.2 Å². The van der Waals surface area contributed by atoms with E-state index in [1.54, 1.807) is 12.1 Å². The van der Waals surface area contributed by atoms with Gasteiger partial charge in [-0.15, -0.1) is 0 Å². The topological polar surface area (TPSA) is 75.4 Å². The number of anilines is 1.